The Morgan fingerprint density at radius 1 is 1.17 bits per heavy atom. The van der Waals surface area contributed by atoms with Crippen LogP contribution in [0.2, 0.25) is 0 Å². The van der Waals surface area contributed by atoms with Crippen molar-refractivity contribution < 1.29 is 23.1 Å². The lowest BCUT2D eigenvalue weighted by Crippen LogP contribution is -2.23. The van der Waals surface area contributed by atoms with E-state index in [1.54, 1.807) is 38.1 Å². The number of carbonyl (C=O) groups is 1. The van der Waals surface area contributed by atoms with E-state index in [1.165, 1.54) is 6.07 Å². The molecule has 0 amide bonds. The first-order chi connectivity index (χ1) is 11.2. The Kier molecular flexibility index (Phi) is 5.14. The first-order valence-corrected chi connectivity index (χ1v) is 8.81. The number of nitrogens with one attached hydrogen (secondary N) is 1. The van der Waals surface area contributed by atoms with Crippen molar-refractivity contribution in [2.75, 3.05) is 11.3 Å². The third-order valence-corrected chi connectivity index (χ3v) is 5.07. The van der Waals surface area contributed by atoms with Crippen LogP contribution in [0.4, 0.5) is 5.69 Å². The topological polar surface area (TPSA) is 95.5 Å². The Labute approximate surface area is 141 Å². The minimum absolute atomic E-state index is 0.0874. The van der Waals surface area contributed by atoms with Crippen molar-refractivity contribution >= 4 is 21.7 Å². The molecule has 0 aliphatic heterocycles. The molecule has 0 atom stereocenters. The van der Waals surface area contributed by atoms with Gasteiger partial charge in [-0.1, -0.05) is 0 Å². The molecular weight excluding hydrogens is 330 g/mol. The maximum Gasteiger partial charge on any atom is 0.262 e. The fraction of sp³-hybridized carbons (Fsp3) is 0.235. The van der Waals surface area contributed by atoms with E-state index in [4.69, 9.17) is 4.74 Å². The molecule has 0 saturated heterocycles. The third kappa shape index (κ3) is 3.86. The van der Waals surface area contributed by atoms with Crippen LogP contribution in [-0.2, 0) is 10.0 Å². The summed E-state index contributed by atoms with van der Waals surface area (Å²) in [5, 5.41) is 11.1. The average Bonchev–Trinajstić information content (AvgIpc) is 2.51. The van der Waals surface area contributed by atoms with Gasteiger partial charge in [-0.15, -0.1) is 0 Å². The molecule has 0 aliphatic carbocycles. The summed E-state index contributed by atoms with van der Waals surface area (Å²) < 4.78 is 33.0. The lowest BCUT2D eigenvalue weighted by molar-refractivity contribution is -0.255. The Bertz CT molecular complexity index is 857. The average molecular weight is 348 g/mol. The zero-order valence-corrected chi connectivity index (χ0v) is 14.4. The Hall–Kier alpha value is -2.54. The summed E-state index contributed by atoms with van der Waals surface area (Å²) in [4.78, 5) is 11.0. The molecule has 6 nitrogen and oxygen atoms in total. The van der Waals surface area contributed by atoms with Gasteiger partial charge in [0.05, 0.1) is 17.5 Å². The second-order valence-corrected chi connectivity index (χ2v) is 6.92. The van der Waals surface area contributed by atoms with Crippen molar-refractivity contribution in [3.05, 3.63) is 53.1 Å². The number of hydrogen-bond acceptors (Lipinski definition) is 5. The lowest BCUT2D eigenvalue weighted by Gasteiger charge is -2.15. The number of carboxylic acids is 1. The molecule has 2 aromatic rings. The van der Waals surface area contributed by atoms with E-state index < -0.39 is 16.0 Å². The van der Waals surface area contributed by atoms with Crippen molar-refractivity contribution in [2.45, 2.75) is 25.7 Å². The number of carbonyl (C=O) groups excluding carboxylic acids is 1. The Morgan fingerprint density at radius 2 is 1.79 bits per heavy atom. The maximum absolute atomic E-state index is 12.6. The van der Waals surface area contributed by atoms with Crippen LogP contribution < -0.4 is 14.6 Å². The number of carboxylic acid groups (broad SMARTS) is 1. The summed E-state index contributed by atoms with van der Waals surface area (Å²) in [5.74, 6) is -0.790. The highest BCUT2D eigenvalue weighted by Gasteiger charge is 2.19. The van der Waals surface area contributed by atoms with Crippen LogP contribution in [0.5, 0.6) is 5.75 Å². The van der Waals surface area contributed by atoms with Crippen LogP contribution in [0, 0.1) is 13.8 Å². The number of ether oxygens (including phenoxy) is 1. The monoisotopic (exact) mass is 348 g/mol. The van der Waals surface area contributed by atoms with E-state index in [2.05, 4.69) is 4.72 Å². The van der Waals surface area contributed by atoms with Crippen molar-refractivity contribution in [2.24, 2.45) is 0 Å². The maximum atomic E-state index is 12.6. The fourth-order valence-corrected chi connectivity index (χ4v) is 3.62. The number of rotatable bonds is 6. The normalized spacial score (nSPS) is 11.1. The van der Waals surface area contributed by atoms with Gasteiger partial charge in [0, 0.05) is 5.69 Å². The molecule has 1 N–H and O–H groups in total. The molecule has 24 heavy (non-hydrogen) atoms. The Morgan fingerprint density at radius 3 is 2.33 bits per heavy atom. The molecule has 0 spiro atoms. The van der Waals surface area contributed by atoms with Crippen molar-refractivity contribution in [3.63, 3.8) is 0 Å². The van der Waals surface area contributed by atoms with Gasteiger partial charge in [0.1, 0.15) is 5.75 Å². The molecule has 0 unspecified atom stereocenters. The summed E-state index contributed by atoms with van der Waals surface area (Å²) in [6.45, 7) is 5.64. The molecule has 0 fully saturated rings. The molecule has 0 bridgehead atoms. The van der Waals surface area contributed by atoms with Crippen LogP contribution in [0.3, 0.4) is 0 Å². The van der Waals surface area contributed by atoms with Gasteiger partial charge in [-0.05, 0) is 73.9 Å². The smallest absolute Gasteiger partial charge is 0.262 e. The SMILES string of the molecule is CCOc1ccc(NS(=O)(=O)c2cc(C(=O)[O-])cc(C)c2C)cc1. The van der Waals surface area contributed by atoms with Gasteiger partial charge in [0.2, 0.25) is 0 Å². The van der Waals surface area contributed by atoms with Gasteiger partial charge in [0.25, 0.3) is 10.0 Å². The highest BCUT2D eigenvalue weighted by molar-refractivity contribution is 7.92. The number of anilines is 1. The predicted octanol–water partition coefficient (Wildman–Crippen LogP) is 1.87. The first kappa shape index (κ1) is 17.8. The number of hydrogen-bond donors (Lipinski definition) is 1. The van der Waals surface area contributed by atoms with Crippen LogP contribution in [0.1, 0.15) is 28.4 Å². The third-order valence-electron chi connectivity index (χ3n) is 3.56. The molecule has 2 aromatic carbocycles. The first-order valence-electron chi connectivity index (χ1n) is 7.33. The summed E-state index contributed by atoms with van der Waals surface area (Å²) in [7, 11) is -3.93. The van der Waals surface area contributed by atoms with Crippen LogP contribution >= 0.6 is 0 Å². The summed E-state index contributed by atoms with van der Waals surface area (Å²) >= 11 is 0. The number of aromatic carboxylic acids is 1. The molecule has 2 rings (SSSR count). The van der Waals surface area contributed by atoms with Gasteiger partial charge in [0.15, 0.2) is 0 Å². The van der Waals surface area contributed by atoms with Crippen molar-refractivity contribution in [1.29, 1.82) is 0 Å². The minimum atomic E-state index is -3.93. The molecule has 128 valence electrons. The van der Waals surface area contributed by atoms with Gasteiger partial charge >= 0.3 is 0 Å². The second kappa shape index (κ2) is 6.92. The number of benzene rings is 2. The molecule has 0 aliphatic rings. The molecule has 7 heteroatoms. The van der Waals surface area contributed by atoms with Gasteiger partial charge in [-0.2, -0.15) is 0 Å². The zero-order valence-electron chi connectivity index (χ0n) is 13.6. The molecule has 0 heterocycles. The minimum Gasteiger partial charge on any atom is -0.545 e. The van der Waals surface area contributed by atoms with Crippen molar-refractivity contribution in [1.82, 2.24) is 0 Å². The van der Waals surface area contributed by atoms with E-state index in [9.17, 15) is 18.3 Å². The van der Waals surface area contributed by atoms with Gasteiger partial charge in [-0.25, -0.2) is 8.42 Å². The summed E-state index contributed by atoms with van der Waals surface area (Å²) in [5.41, 5.74) is 1.22. The lowest BCUT2D eigenvalue weighted by atomic mass is 10.1. The largest absolute Gasteiger partial charge is 0.545 e. The van der Waals surface area contributed by atoms with Gasteiger partial charge in [-0.3, -0.25) is 4.72 Å². The Balaban J connectivity index is 2.38. The summed E-state index contributed by atoms with van der Waals surface area (Å²) in [6.07, 6.45) is 0. The van der Waals surface area contributed by atoms with Crippen LogP contribution in [-0.4, -0.2) is 21.0 Å². The van der Waals surface area contributed by atoms with E-state index >= 15 is 0 Å². The number of sulfonamides is 1. The standard InChI is InChI=1S/C17H19NO5S/c1-4-23-15-7-5-14(6-8-15)18-24(21,22)16-10-13(17(19)20)9-11(2)12(16)3/h5-10,18H,4H2,1-3H3,(H,19,20)/p-1. The zero-order chi connectivity index (χ0) is 17.9. The quantitative estimate of drug-likeness (QED) is 0.860. The van der Waals surface area contributed by atoms with Crippen LogP contribution in [0.25, 0.3) is 0 Å². The highest BCUT2D eigenvalue weighted by Crippen LogP contribution is 2.24. The number of aryl methyl sites for hydroxylation is 1. The summed E-state index contributed by atoms with van der Waals surface area (Å²) in [6, 6.07) is 8.95. The second-order valence-electron chi connectivity index (χ2n) is 5.27. The van der Waals surface area contributed by atoms with Crippen LogP contribution in [0.15, 0.2) is 41.3 Å². The molecule has 0 radical (unpaired) electrons. The van der Waals surface area contributed by atoms with E-state index in [1.807, 2.05) is 6.92 Å². The predicted molar refractivity (Wildman–Crippen MR) is 88.7 cm³/mol. The molecule has 0 saturated carbocycles. The molecule has 0 aromatic heterocycles. The van der Waals surface area contributed by atoms with E-state index in [0.717, 1.165) is 6.07 Å². The fourth-order valence-electron chi connectivity index (χ4n) is 2.22. The van der Waals surface area contributed by atoms with E-state index in [0.29, 0.717) is 29.2 Å². The molecular formula is C17H18NO5S-. The van der Waals surface area contributed by atoms with E-state index in [-0.39, 0.29) is 10.5 Å². The highest BCUT2D eigenvalue weighted by atomic mass is 32.2. The van der Waals surface area contributed by atoms with Crippen molar-refractivity contribution in [3.8, 4) is 5.75 Å². The van der Waals surface area contributed by atoms with Gasteiger partial charge < -0.3 is 14.6 Å².